The van der Waals surface area contributed by atoms with Gasteiger partial charge in [-0.2, -0.15) is 5.26 Å². The van der Waals surface area contributed by atoms with Gasteiger partial charge in [-0.15, -0.1) is 11.3 Å². The molecule has 148 valence electrons. The van der Waals surface area contributed by atoms with Crippen molar-refractivity contribution < 1.29 is 19.1 Å². The summed E-state index contributed by atoms with van der Waals surface area (Å²) in [6.07, 6.45) is 3.63. The number of nitrogens with zero attached hydrogens (tertiary/aromatic N) is 1. The van der Waals surface area contributed by atoms with Crippen LogP contribution in [-0.4, -0.2) is 18.5 Å². The van der Waals surface area contributed by atoms with Gasteiger partial charge >= 0.3 is 11.9 Å². The quantitative estimate of drug-likeness (QED) is 0.751. The molecule has 2 rings (SSSR count). The lowest BCUT2D eigenvalue weighted by Gasteiger charge is -2.36. The lowest BCUT2D eigenvalue weighted by atomic mass is 9.70. The summed E-state index contributed by atoms with van der Waals surface area (Å²) in [6.45, 7) is 8.48. The highest BCUT2D eigenvalue weighted by Gasteiger charge is 2.33. The van der Waals surface area contributed by atoms with Gasteiger partial charge in [-0.25, -0.2) is 4.79 Å². The van der Waals surface area contributed by atoms with E-state index in [0.717, 1.165) is 37.0 Å². The van der Waals surface area contributed by atoms with E-state index >= 15 is 0 Å². The second kappa shape index (κ2) is 8.75. The number of thiophene rings is 1. The van der Waals surface area contributed by atoms with E-state index in [4.69, 9.17) is 15.2 Å². The van der Waals surface area contributed by atoms with Gasteiger partial charge in [0.15, 0.2) is 0 Å². The molecule has 1 aromatic rings. The molecule has 0 bridgehead atoms. The fourth-order valence-corrected chi connectivity index (χ4v) is 4.48. The Morgan fingerprint density at radius 2 is 1.85 bits per heavy atom. The lowest BCUT2D eigenvalue weighted by Crippen LogP contribution is -2.29. The number of hydrogen-bond donors (Lipinski definition) is 1. The number of nitriles is 1. The van der Waals surface area contributed by atoms with Gasteiger partial charge in [-0.3, -0.25) is 4.79 Å². The Morgan fingerprint density at radius 3 is 2.37 bits per heavy atom. The zero-order chi connectivity index (χ0) is 20.2. The average Bonchev–Trinajstić information content (AvgIpc) is 2.94. The van der Waals surface area contributed by atoms with E-state index in [0.29, 0.717) is 11.5 Å². The topological polar surface area (TPSA) is 102 Å². The number of carbonyl (C=O) groups excluding carboxylic acids is 2. The standard InChI is InChI=1S/C20H28N2O4S/c1-5-25-19(24)16-15(14(10-21)17(22)27-16)11-26-18(23)12-6-8-13(9-7-12)20(2,3)4/h12-13H,5-9,11,22H2,1-4H3. The van der Waals surface area contributed by atoms with Crippen molar-refractivity contribution in [3.05, 3.63) is 16.0 Å². The number of carbonyl (C=O) groups is 2. The maximum absolute atomic E-state index is 12.5. The van der Waals surface area contributed by atoms with Crippen LogP contribution in [0, 0.1) is 28.6 Å². The molecular weight excluding hydrogens is 364 g/mol. The Bertz CT molecular complexity index is 734. The van der Waals surface area contributed by atoms with Crippen molar-refractivity contribution in [1.29, 1.82) is 5.26 Å². The van der Waals surface area contributed by atoms with Crippen molar-refractivity contribution in [3.63, 3.8) is 0 Å². The van der Waals surface area contributed by atoms with E-state index in [1.54, 1.807) is 6.92 Å². The highest BCUT2D eigenvalue weighted by atomic mass is 32.1. The molecule has 1 saturated carbocycles. The van der Waals surface area contributed by atoms with Crippen LogP contribution >= 0.6 is 11.3 Å². The Morgan fingerprint density at radius 1 is 1.22 bits per heavy atom. The summed E-state index contributed by atoms with van der Waals surface area (Å²) in [4.78, 5) is 24.8. The molecule has 0 aromatic carbocycles. The van der Waals surface area contributed by atoms with Crippen LogP contribution in [0.25, 0.3) is 0 Å². The third kappa shape index (κ3) is 5.01. The number of ether oxygens (including phenoxy) is 2. The number of nitrogens with two attached hydrogens (primary N) is 1. The first-order chi connectivity index (χ1) is 12.7. The zero-order valence-corrected chi connectivity index (χ0v) is 17.3. The normalized spacial score (nSPS) is 20.0. The minimum atomic E-state index is -0.549. The van der Waals surface area contributed by atoms with Gasteiger partial charge in [0.25, 0.3) is 0 Å². The number of nitrogen functional groups attached to an aromatic ring is 1. The van der Waals surface area contributed by atoms with Crippen LogP contribution in [0.3, 0.4) is 0 Å². The summed E-state index contributed by atoms with van der Waals surface area (Å²) in [6, 6.07) is 1.99. The lowest BCUT2D eigenvalue weighted by molar-refractivity contribution is -0.151. The van der Waals surface area contributed by atoms with E-state index in [1.165, 1.54) is 0 Å². The van der Waals surface area contributed by atoms with Gasteiger partial charge in [0, 0.05) is 5.56 Å². The molecule has 1 aliphatic carbocycles. The van der Waals surface area contributed by atoms with Crippen molar-refractivity contribution >= 4 is 28.3 Å². The summed E-state index contributed by atoms with van der Waals surface area (Å²) >= 11 is 0.993. The summed E-state index contributed by atoms with van der Waals surface area (Å²) in [5, 5.41) is 9.56. The molecule has 1 aromatic heterocycles. The molecule has 0 atom stereocenters. The van der Waals surface area contributed by atoms with E-state index in [1.807, 2.05) is 6.07 Å². The van der Waals surface area contributed by atoms with Crippen LogP contribution < -0.4 is 5.73 Å². The molecule has 0 spiro atoms. The van der Waals surface area contributed by atoms with Gasteiger partial charge in [-0.1, -0.05) is 20.8 Å². The van der Waals surface area contributed by atoms with Crippen LogP contribution in [0.15, 0.2) is 0 Å². The fourth-order valence-electron chi connectivity index (χ4n) is 3.56. The number of rotatable bonds is 5. The first-order valence-electron chi connectivity index (χ1n) is 9.34. The summed E-state index contributed by atoms with van der Waals surface area (Å²) in [7, 11) is 0. The van der Waals surface area contributed by atoms with Crippen LogP contribution in [0.5, 0.6) is 0 Å². The molecular formula is C20H28N2O4S. The molecule has 1 aliphatic rings. The summed E-state index contributed by atoms with van der Waals surface area (Å²) < 4.78 is 10.5. The van der Waals surface area contributed by atoms with Crippen molar-refractivity contribution in [1.82, 2.24) is 0 Å². The smallest absolute Gasteiger partial charge is 0.348 e. The third-order valence-corrected chi connectivity index (χ3v) is 6.29. The van der Waals surface area contributed by atoms with Crippen LogP contribution in [-0.2, 0) is 20.9 Å². The Labute approximate surface area is 164 Å². The first-order valence-corrected chi connectivity index (χ1v) is 10.2. The molecule has 1 fully saturated rings. The third-order valence-electron chi connectivity index (χ3n) is 5.25. The molecule has 0 radical (unpaired) electrons. The second-order valence-electron chi connectivity index (χ2n) is 8.00. The van der Waals surface area contributed by atoms with Gasteiger partial charge < -0.3 is 15.2 Å². The molecule has 0 amide bonds. The highest BCUT2D eigenvalue weighted by Crippen LogP contribution is 2.40. The molecule has 27 heavy (non-hydrogen) atoms. The van der Waals surface area contributed by atoms with Crippen molar-refractivity contribution in [2.45, 2.75) is 60.0 Å². The van der Waals surface area contributed by atoms with E-state index < -0.39 is 5.97 Å². The van der Waals surface area contributed by atoms with E-state index in [9.17, 15) is 14.9 Å². The maximum atomic E-state index is 12.5. The molecule has 1 heterocycles. The van der Waals surface area contributed by atoms with Gasteiger partial charge in [0.05, 0.1) is 18.1 Å². The highest BCUT2D eigenvalue weighted by molar-refractivity contribution is 7.18. The molecule has 0 saturated heterocycles. The predicted molar refractivity (Wildman–Crippen MR) is 104 cm³/mol. The zero-order valence-electron chi connectivity index (χ0n) is 16.5. The SMILES string of the molecule is CCOC(=O)c1sc(N)c(C#N)c1COC(=O)C1CCC(C(C)(C)C)CC1. The molecule has 0 aliphatic heterocycles. The summed E-state index contributed by atoms with van der Waals surface area (Å²) in [5.41, 5.74) is 6.62. The minimum absolute atomic E-state index is 0.129. The molecule has 0 unspecified atom stereocenters. The minimum Gasteiger partial charge on any atom is -0.462 e. The summed E-state index contributed by atoms with van der Waals surface area (Å²) in [5.74, 6) is -0.340. The molecule has 6 nitrogen and oxygen atoms in total. The van der Waals surface area contributed by atoms with Gasteiger partial charge in [-0.05, 0) is 43.9 Å². The van der Waals surface area contributed by atoms with Gasteiger partial charge in [0.2, 0.25) is 0 Å². The molecule has 7 heteroatoms. The Kier molecular flexibility index (Phi) is 6.88. The van der Waals surface area contributed by atoms with Crippen LogP contribution in [0.2, 0.25) is 0 Å². The Balaban J connectivity index is 2.03. The number of anilines is 1. The van der Waals surface area contributed by atoms with Crippen LogP contribution in [0.4, 0.5) is 5.00 Å². The van der Waals surface area contributed by atoms with Crippen molar-refractivity contribution in [2.24, 2.45) is 17.3 Å². The first kappa shape index (κ1) is 21.2. The average molecular weight is 393 g/mol. The second-order valence-corrected chi connectivity index (χ2v) is 9.06. The van der Waals surface area contributed by atoms with Crippen LogP contribution in [0.1, 0.15) is 74.2 Å². The van der Waals surface area contributed by atoms with Crippen molar-refractivity contribution in [2.75, 3.05) is 12.3 Å². The van der Waals surface area contributed by atoms with Crippen molar-refractivity contribution in [3.8, 4) is 6.07 Å². The monoisotopic (exact) mass is 392 g/mol. The predicted octanol–water partition coefficient (Wildman–Crippen LogP) is 4.27. The number of esters is 2. The molecule has 2 N–H and O–H groups in total. The van der Waals surface area contributed by atoms with E-state index in [2.05, 4.69) is 20.8 Å². The maximum Gasteiger partial charge on any atom is 0.348 e. The van der Waals surface area contributed by atoms with E-state index in [-0.39, 0.29) is 46.0 Å². The number of hydrogen-bond acceptors (Lipinski definition) is 7. The fraction of sp³-hybridized carbons (Fsp3) is 0.650. The van der Waals surface area contributed by atoms with Gasteiger partial charge in [0.1, 0.15) is 22.6 Å². The Hall–Kier alpha value is -2.07. The largest absolute Gasteiger partial charge is 0.462 e.